The molecular weight excluding hydrogens is 360 g/mol. The zero-order valence-electron chi connectivity index (χ0n) is 15.5. The third kappa shape index (κ3) is 4.22. The van der Waals surface area contributed by atoms with E-state index in [-0.39, 0.29) is 5.76 Å². The van der Waals surface area contributed by atoms with Crippen LogP contribution in [0.5, 0.6) is 0 Å². The van der Waals surface area contributed by atoms with Gasteiger partial charge in [-0.2, -0.15) is 0 Å². The van der Waals surface area contributed by atoms with E-state index in [1.54, 1.807) is 17.4 Å². The number of likely N-dealkylation sites (tertiary alicyclic amines) is 1. The maximum absolute atomic E-state index is 11.0. The fourth-order valence-electron chi connectivity index (χ4n) is 3.76. The van der Waals surface area contributed by atoms with Crippen LogP contribution in [0.15, 0.2) is 34.1 Å². The second kappa shape index (κ2) is 7.82. The lowest BCUT2D eigenvalue weighted by molar-refractivity contribution is 0.0665. The molecule has 142 valence electrons. The number of hydrogen-bond acceptors (Lipinski definition) is 5. The quantitative estimate of drug-likeness (QED) is 0.672. The van der Waals surface area contributed by atoms with Crippen LogP contribution >= 0.6 is 11.3 Å². The van der Waals surface area contributed by atoms with Gasteiger partial charge in [0.05, 0.1) is 10.7 Å². The Labute approximate surface area is 162 Å². The van der Waals surface area contributed by atoms with Crippen molar-refractivity contribution in [2.24, 2.45) is 5.92 Å². The van der Waals surface area contributed by atoms with Crippen LogP contribution < -0.4 is 0 Å². The molecule has 0 amide bonds. The molecule has 0 unspecified atom stereocenters. The van der Waals surface area contributed by atoms with Gasteiger partial charge in [-0.1, -0.05) is 13.0 Å². The largest absolute Gasteiger partial charge is 0.475 e. The van der Waals surface area contributed by atoms with Crippen LogP contribution in [0.4, 0.5) is 0 Å². The van der Waals surface area contributed by atoms with Gasteiger partial charge in [-0.3, -0.25) is 4.90 Å². The number of rotatable bonds is 6. The summed E-state index contributed by atoms with van der Waals surface area (Å²) < 4.78 is 5.34. The lowest BCUT2D eigenvalue weighted by Crippen LogP contribution is -2.33. The van der Waals surface area contributed by atoms with Crippen LogP contribution in [0, 0.1) is 5.92 Å². The summed E-state index contributed by atoms with van der Waals surface area (Å²) in [6.45, 7) is 5.25. The molecule has 1 saturated heterocycles. The van der Waals surface area contributed by atoms with Crippen molar-refractivity contribution in [2.75, 3.05) is 13.1 Å². The summed E-state index contributed by atoms with van der Waals surface area (Å²) in [5.74, 6) is -0.302. The maximum atomic E-state index is 11.0. The smallest absolute Gasteiger partial charge is 0.371 e. The van der Waals surface area contributed by atoms with Gasteiger partial charge in [0.25, 0.3) is 0 Å². The lowest BCUT2D eigenvalue weighted by atomic mass is 9.93. The van der Waals surface area contributed by atoms with Gasteiger partial charge in [0.1, 0.15) is 5.58 Å². The van der Waals surface area contributed by atoms with E-state index in [4.69, 9.17) is 14.5 Å². The third-order valence-electron chi connectivity index (χ3n) is 5.33. The van der Waals surface area contributed by atoms with Gasteiger partial charge in [0.2, 0.25) is 5.76 Å². The molecule has 3 heterocycles. The summed E-state index contributed by atoms with van der Waals surface area (Å²) in [5.41, 5.74) is 3.05. The summed E-state index contributed by atoms with van der Waals surface area (Å²) in [6, 6.07) is 7.55. The molecule has 2 aromatic heterocycles. The highest BCUT2D eigenvalue weighted by molar-refractivity contribution is 7.09. The predicted octanol–water partition coefficient (Wildman–Crippen LogP) is 4.60. The molecule has 0 radical (unpaired) electrons. The predicted molar refractivity (Wildman–Crippen MR) is 106 cm³/mol. The monoisotopic (exact) mass is 384 g/mol. The van der Waals surface area contributed by atoms with Gasteiger partial charge in [-0.15, -0.1) is 11.3 Å². The highest BCUT2D eigenvalue weighted by Crippen LogP contribution is 2.26. The first-order chi connectivity index (χ1) is 13.1. The SMILES string of the molecule is CCc1csc(CC2CCN(Cc3ccc4oc(C(=O)O)cc4c3)CC2)n1. The number of aromatic carboxylic acids is 1. The van der Waals surface area contributed by atoms with E-state index < -0.39 is 5.97 Å². The van der Waals surface area contributed by atoms with Crippen molar-refractivity contribution in [3.05, 3.63) is 51.7 Å². The number of furan rings is 1. The number of aryl methyl sites for hydroxylation is 1. The minimum Gasteiger partial charge on any atom is -0.475 e. The van der Waals surface area contributed by atoms with Crippen LogP contribution in [-0.2, 0) is 19.4 Å². The van der Waals surface area contributed by atoms with Crippen LogP contribution in [0.1, 0.15) is 46.6 Å². The minimum absolute atomic E-state index is 0.00335. The van der Waals surface area contributed by atoms with Crippen LogP contribution in [-0.4, -0.2) is 34.0 Å². The van der Waals surface area contributed by atoms with Crippen molar-refractivity contribution < 1.29 is 14.3 Å². The molecule has 1 fully saturated rings. The first-order valence-corrected chi connectivity index (χ1v) is 10.4. The normalized spacial score (nSPS) is 16.2. The molecule has 1 aromatic carbocycles. The molecule has 0 aliphatic carbocycles. The van der Waals surface area contributed by atoms with E-state index in [9.17, 15) is 4.79 Å². The van der Waals surface area contributed by atoms with Gasteiger partial charge in [0.15, 0.2) is 0 Å². The van der Waals surface area contributed by atoms with E-state index in [1.165, 1.54) is 29.1 Å². The molecule has 6 heteroatoms. The third-order valence-corrected chi connectivity index (χ3v) is 6.25. The number of fused-ring (bicyclic) bond motifs is 1. The number of benzene rings is 1. The summed E-state index contributed by atoms with van der Waals surface area (Å²) >= 11 is 1.80. The van der Waals surface area contributed by atoms with Gasteiger partial charge in [0, 0.05) is 23.7 Å². The van der Waals surface area contributed by atoms with Crippen molar-refractivity contribution in [1.82, 2.24) is 9.88 Å². The molecule has 1 aliphatic heterocycles. The number of nitrogens with zero attached hydrogens (tertiary/aromatic N) is 2. The average Bonchev–Trinajstić information content (AvgIpc) is 3.29. The zero-order valence-corrected chi connectivity index (χ0v) is 16.3. The Morgan fingerprint density at radius 3 is 2.85 bits per heavy atom. The molecule has 0 spiro atoms. The lowest BCUT2D eigenvalue weighted by Gasteiger charge is -2.31. The molecule has 3 aromatic rings. The Kier molecular flexibility index (Phi) is 5.27. The standard InChI is InChI=1S/C21H24N2O3S/c1-2-17-13-27-20(22-17)10-14-5-7-23(8-6-14)12-15-3-4-18-16(9-15)11-19(26-18)21(24)25/h3-4,9,11,13-14H,2,5-8,10,12H2,1H3,(H,24,25). The van der Waals surface area contributed by atoms with Crippen LogP contribution in [0.3, 0.4) is 0 Å². The highest BCUT2D eigenvalue weighted by Gasteiger charge is 2.21. The van der Waals surface area contributed by atoms with Gasteiger partial charge < -0.3 is 9.52 Å². The fourth-order valence-corrected chi connectivity index (χ4v) is 4.75. The second-order valence-electron chi connectivity index (χ2n) is 7.30. The minimum atomic E-state index is -1.03. The summed E-state index contributed by atoms with van der Waals surface area (Å²) in [4.78, 5) is 18.2. The highest BCUT2D eigenvalue weighted by atomic mass is 32.1. The van der Waals surface area contributed by atoms with E-state index in [1.807, 2.05) is 18.2 Å². The summed E-state index contributed by atoms with van der Waals surface area (Å²) in [7, 11) is 0. The van der Waals surface area contributed by atoms with E-state index >= 15 is 0 Å². The van der Waals surface area contributed by atoms with Gasteiger partial charge in [-0.05, 0) is 62.0 Å². The maximum Gasteiger partial charge on any atom is 0.371 e. The molecule has 27 heavy (non-hydrogen) atoms. The Bertz CT molecular complexity index is 938. The molecule has 1 aliphatic rings. The van der Waals surface area contributed by atoms with Crippen LogP contribution in [0.25, 0.3) is 11.0 Å². The number of piperidine rings is 1. The van der Waals surface area contributed by atoms with E-state index in [0.717, 1.165) is 43.8 Å². The summed E-state index contributed by atoms with van der Waals surface area (Å²) in [6.07, 6.45) is 4.54. The Hall–Kier alpha value is -2.18. The molecule has 1 N–H and O–H groups in total. The molecular formula is C21H24N2O3S. The van der Waals surface area contributed by atoms with Gasteiger partial charge >= 0.3 is 5.97 Å². The average molecular weight is 385 g/mol. The van der Waals surface area contributed by atoms with Crippen molar-refractivity contribution in [2.45, 2.75) is 39.2 Å². The van der Waals surface area contributed by atoms with E-state index in [2.05, 4.69) is 17.2 Å². The first-order valence-electron chi connectivity index (χ1n) is 9.52. The van der Waals surface area contributed by atoms with Crippen molar-refractivity contribution in [3.8, 4) is 0 Å². The fraction of sp³-hybridized carbons (Fsp3) is 0.429. The van der Waals surface area contributed by atoms with Crippen molar-refractivity contribution in [1.29, 1.82) is 0 Å². The number of thiazole rings is 1. The molecule has 4 rings (SSSR count). The number of carbonyl (C=O) groups is 1. The molecule has 0 saturated carbocycles. The topological polar surface area (TPSA) is 66.6 Å². The van der Waals surface area contributed by atoms with Crippen molar-refractivity contribution >= 4 is 28.3 Å². The number of hydrogen-bond donors (Lipinski definition) is 1. The number of carboxylic acid groups (broad SMARTS) is 1. The Balaban J connectivity index is 1.33. The molecule has 0 bridgehead atoms. The summed E-state index contributed by atoms with van der Waals surface area (Å²) in [5, 5.41) is 13.4. The van der Waals surface area contributed by atoms with Crippen molar-refractivity contribution in [3.63, 3.8) is 0 Å². The van der Waals surface area contributed by atoms with Crippen LogP contribution in [0.2, 0.25) is 0 Å². The second-order valence-corrected chi connectivity index (χ2v) is 8.24. The number of carboxylic acids is 1. The first kappa shape index (κ1) is 18.2. The van der Waals surface area contributed by atoms with E-state index in [0.29, 0.717) is 5.58 Å². The Morgan fingerprint density at radius 1 is 1.33 bits per heavy atom. The molecule has 5 nitrogen and oxygen atoms in total. The van der Waals surface area contributed by atoms with Gasteiger partial charge in [-0.25, -0.2) is 9.78 Å². The Morgan fingerprint density at radius 2 is 2.15 bits per heavy atom. The number of aromatic nitrogens is 1. The molecule has 0 atom stereocenters. The zero-order chi connectivity index (χ0) is 18.8.